The van der Waals surface area contributed by atoms with E-state index in [4.69, 9.17) is 0 Å². The number of benzene rings is 10. The normalized spacial score (nSPS) is 11.5. The fraction of sp³-hybridized carbons (Fsp3) is 0. The van der Waals surface area contributed by atoms with E-state index in [1.165, 1.54) is 76.1 Å². The molecule has 1 nitrogen and oxygen atoms in total. The highest BCUT2D eigenvalue weighted by atomic mass is 15.1. The summed E-state index contributed by atoms with van der Waals surface area (Å²) in [5.41, 5.74) is 8.37. The molecule has 0 aliphatic rings. The lowest BCUT2D eigenvalue weighted by Crippen LogP contribution is -2.11. The molecule has 0 heterocycles. The van der Waals surface area contributed by atoms with Crippen molar-refractivity contribution >= 4 is 70.9 Å². The molecule has 0 bridgehead atoms. The lowest BCUT2D eigenvalue weighted by molar-refractivity contribution is 1.32. The second-order valence-corrected chi connectivity index (χ2v) is 13.3. The lowest BCUT2D eigenvalue weighted by Gasteiger charge is -2.29. The quantitative estimate of drug-likeness (QED) is 0.168. The summed E-state index contributed by atoms with van der Waals surface area (Å²) >= 11 is 0. The highest BCUT2D eigenvalue weighted by molar-refractivity contribution is 6.22. The minimum atomic E-state index is 1.11. The molecule has 0 amide bonds. The van der Waals surface area contributed by atoms with Gasteiger partial charge < -0.3 is 4.90 Å². The summed E-state index contributed by atoms with van der Waals surface area (Å²) < 4.78 is 0. The average Bonchev–Trinajstić information content (AvgIpc) is 3.21. The monoisotopic (exact) mass is 647 g/mol. The maximum absolute atomic E-state index is 2.46. The van der Waals surface area contributed by atoms with E-state index < -0.39 is 0 Å². The van der Waals surface area contributed by atoms with Gasteiger partial charge in [0, 0.05) is 16.5 Å². The van der Waals surface area contributed by atoms with Crippen molar-refractivity contribution in [2.45, 2.75) is 0 Å². The van der Waals surface area contributed by atoms with Gasteiger partial charge in [0.1, 0.15) is 0 Å². The number of anilines is 3. The van der Waals surface area contributed by atoms with Gasteiger partial charge in [0.05, 0.1) is 11.4 Å². The van der Waals surface area contributed by atoms with E-state index in [0.29, 0.717) is 0 Å². The van der Waals surface area contributed by atoms with Gasteiger partial charge in [-0.25, -0.2) is 0 Å². The van der Waals surface area contributed by atoms with Crippen LogP contribution >= 0.6 is 0 Å². The first-order valence-electron chi connectivity index (χ1n) is 17.6. The Hall–Kier alpha value is -6.70. The van der Waals surface area contributed by atoms with Gasteiger partial charge in [-0.15, -0.1) is 0 Å². The van der Waals surface area contributed by atoms with Crippen LogP contribution in [-0.4, -0.2) is 0 Å². The third-order valence-corrected chi connectivity index (χ3v) is 10.4. The van der Waals surface area contributed by atoms with Crippen LogP contribution in [0.1, 0.15) is 0 Å². The molecule has 0 saturated heterocycles. The fourth-order valence-electron chi connectivity index (χ4n) is 8.15. The molecule has 1 heteroatoms. The zero-order valence-electron chi connectivity index (χ0n) is 28.0. The highest BCUT2D eigenvalue weighted by Gasteiger charge is 2.21. The van der Waals surface area contributed by atoms with Gasteiger partial charge in [-0.05, 0) is 89.6 Å². The second-order valence-electron chi connectivity index (χ2n) is 13.3. The van der Waals surface area contributed by atoms with Crippen molar-refractivity contribution in [1.29, 1.82) is 0 Å². The summed E-state index contributed by atoms with van der Waals surface area (Å²) in [6, 6.07) is 73.0. The van der Waals surface area contributed by atoms with Crippen molar-refractivity contribution in [3.8, 4) is 22.3 Å². The van der Waals surface area contributed by atoms with E-state index in [0.717, 1.165) is 17.1 Å². The van der Waals surface area contributed by atoms with Crippen molar-refractivity contribution < 1.29 is 0 Å². The van der Waals surface area contributed by atoms with Gasteiger partial charge in [-0.3, -0.25) is 0 Å². The van der Waals surface area contributed by atoms with E-state index in [9.17, 15) is 0 Å². The molecule has 10 aromatic rings. The van der Waals surface area contributed by atoms with Gasteiger partial charge in [0.2, 0.25) is 0 Å². The van der Waals surface area contributed by atoms with Crippen molar-refractivity contribution in [3.05, 3.63) is 200 Å². The predicted octanol–water partition coefficient (Wildman–Crippen LogP) is 14.3. The fourth-order valence-corrected chi connectivity index (χ4v) is 8.15. The van der Waals surface area contributed by atoms with Crippen LogP contribution in [0, 0.1) is 0 Å². The van der Waals surface area contributed by atoms with Crippen LogP contribution in [0.25, 0.3) is 76.1 Å². The van der Waals surface area contributed by atoms with E-state index in [2.05, 4.69) is 205 Å². The molecule has 0 aromatic heterocycles. The smallest absolute Gasteiger partial charge is 0.0546 e. The number of hydrogen-bond acceptors (Lipinski definition) is 1. The summed E-state index contributed by atoms with van der Waals surface area (Å²) in [7, 11) is 0. The van der Waals surface area contributed by atoms with Crippen LogP contribution in [-0.2, 0) is 0 Å². The van der Waals surface area contributed by atoms with Crippen LogP contribution in [0.4, 0.5) is 17.1 Å². The number of hydrogen-bond donors (Lipinski definition) is 0. The zero-order valence-corrected chi connectivity index (χ0v) is 28.0. The SMILES string of the molecule is c1ccc(-c2c(-c3ccc(N(c4cccc5ccccc45)c4cc5ccccc5c5ccccc45)cc3)c3ccccc3c3ccccc23)cc1. The third kappa shape index (κ3) is 4.78. The Morgan fingerprint density at radius 1 is 0.255 bits per heavy atom. The van der Waals surface area contributed by atoms with Crippen LogP contribution < -0.4 is 4.90 Å². The molecule has 0 N–H and O–H groups in total. The van der Waals surface area contributed by atoms with Crippen LogP contribution in [0.3, 0.4) is 0 Å². The lowest BCUT2D eigenvalue weighted by atomic mass is 9.85. The molecule has 0 aliphatic heterocycles. The third-order valence-electron chi connectivity index (χ3n) is 10.4. The van der Waals surface area contributed by atoms with Gasteiger partial charge in [0.15, 0.2) is 0 Å². The van der Waals surface area contributed by atoms with Crippen molar-refractivity contribution in [3.63, 3.8) is 0 Å². The van der Waals surface area contributed by atoms with Crippen LogP contribution in [0.15, 0.2) is 200 Å². The molecular weight excluding hydrogens is 615 g/mol. The first-order valence-corrected chi connectivity index (χ1v) is 17.6. The molecule has 10 rings (SSSR count). The summed E-state index contributed by atoms with van der Waals surface area (Å²) in [5.74, 6) is 0. The summed E-state index contributed by atoms with van der Waals surface area (Å²) in [4.78, 5) is 2.46. The van der Waals surface area contributed by atoms with Gasteiger partial charge in [-0.2, -0.15) is 0 Å². The Balaban J connectivity index is 1.25. The standard InChI is InChI=1S/C50H33N/c1-2-16-35(17-3-1)49-45-26-12-9-23-42(45)43-24-10-13-27-46(43)50(49)36-29-31-38(32-30-36)51(47-28-14-19-34-15-4-7-21-40(34)47)48-33-37-18-5-6-20-39(37)41-22-8-11-25-44(41)48/h1-33H. The van der Waals surface area contributed by atoms with E-state index >= 15 is 0 Å². The molecule has 0 aliphatic carbocycles. The van der Waals surface area contributed by atoms with Gasteiger partial charge >= 0.3 is 0 Å². The summed E-state index contributed by atoms with van der Waals surface area (Å²) in [6.07, 6.45) is 0. The number of fused-ring (bicyclic) bond motifs is 7. The summed E-state index contributed by atoms with van der Waals surface area (Å²) in [5, 5.41) is 12.5. The molecular formula is C50H33N. The minimum Gasteiger partial charge on any atom is -0.309 e. The van der Waals surface area contributed by atoms with Crippen molar-refractivity contribution in [2.24, 2.45) is 0 Å². The van der Waals surface area contributed by atoms with Crippen molar-refractivity contribution in [2.75, 3.05) is 4.90 Å². The average molecular weight is 648 g/mol. The van der Waals surface area contributed by atoms with Gasteiger partial charge in [0.25, 0.3) is 0 Å². The first-order chi connectivity index (χ1) is 25.3. The van der Waals surface area contributed by atoms with Crippen LogP contribution in [0.5, 0.6) is 0 Å². The molecule has 0 atom stereocenters. The molecule has 238 valence electrons. The Bertz CT molecular complexity index is 2900. The van der Waals surface area contributed by atoms with Crippen molar-refractivity contribution in [1.82, 2.24) is 0 Å². The Morgan fingerprint density at radius 3 is 1.35 bits per heavy atom. The van der Waals surface area contributed by atoms with E-state index in [-0.39, 0.29) is 0 Å². The Kier molecular flexibility index (Phi) is 6.89. The predicted molar refractivity (Wildman–Crippen MR) is 220 cm³/mol. The van der Waals surface area contributed by atoms with Crippen LogP contribution in [0.2, 0.25) is 0 Å². The highest BCUT2D eigenvalue weighted by Crippen LogP contribution is 2.47. The molecule has 0 radical (unpaired) electrons. The topological polar surface area (TPSA) is 3.24 Å². The first kappa shape index (κ1) is 29.2. The summed E-state index contributed by atoms with van der Waals surface area (Å²) in [6.45, 7) is 0. The maximum atomic E-state index is 2.46. The Morgan fingerprint density at radius 2 is 0.706 bits per heavy atom. The largest absolute Gasteiger partial charge is 0.309 e. The number of rotatable bonds is 5. The molecule has 51 heavy (non-hydrogen) atoms. The molecule has 0 unspecified atom stereocenters. The molecule has 0 saturated carbocycles. The second kappa shape index (κ2) is 12.0. The Labute approximate surface area is 297 Å². The molecule has 0 spiro atoms. The van der Waals surface area contributed by atoms with E-state index in [1.54, 1.807) is 0 Å². The zero-order chi connectivity index (χ0) is 33.7. The maximum Gasteiger partial charge on any atom is 0.0546 e. The van der Waals surface area contributed by atoms with E-state index in [1.807, 2.05) is 0 Å². The molecule has 10 aromatic carbocycles. The number of nitrogens with zero attached hydrogens (tertiary/aromatic N) is 1. The minimum absolute atomic E-state index is 1.11. The van der Waals surface area contributed by atoms with Gasteiger partial charge in [-0.1, -0.05) is 176 Å². The molecule has 0 fully saturated rings.